The number of ether oxygens (including phenoxy) is 1. The maximum atomic E-state index is 12.3. The summed E-state index contributed by atoms with van der Waals surface area (Å²) >= 11 is 0. The average molecular weight is 394 g/mol. The molecule has 0 spiro atoms. The minimum Gasteiger partial charge on any atom is -0.452 e. The molecule has 1 fully saturated rings. The Morgan fingerprint density at radius 1 is 1.19 bits per heavy atom. The summed E-state index contributed by atoms with van der Waals surface area (Å²) in [6.07, 6.45) is 3.65. The van der Waals surface area contributed by atoms with Gasteiger partial charge in [0.15, 0.2) is 6.61 Å². The minimum absolute atomic E-state index is 0.173. The van der Waals surface area contributed by atoms with Crippen LogP contribution in [0.1, 0.15) is 42.6 Å². The largest absolute Gasteiger partial charge is 0.452 e. The first-order chi connectivity index (χ1) is 12.7. The third-order valence-electron chi connectivity index (χ3n) is 5.29. The number of carbonyl (C=O) groups is 2. The lowest BCUT2D eigenvalue weighted by molar-refractivity contribution is -0.135. The number of hydrogen-bond donors (Lipinski definition) is 0. The molecule has 2 aliphatic heterocycles. The number of nitrogens with zero attached hydrogens (tertiary/aromatic N) is 2. The summed E-state index contributed by atoms with van der Waals surface area (Å²) in [5, 5.41) is 0. The highest BCUT2D eigenvalue weighted by Gasteiger charge is 2.33. The molecule has 0 unspecified atom stereocenters. The smallest absolute Gasteiger partial charge is 0.338 e. The van der Waals surface area contributed by atoms with Crippen molar-refractivity contribution < 1.29 is 22.7 Å². The van der Waals surface area contributed by atoms with E-state index in [2.05, 4.69) is 6.92 Å². The van der Waals surface area contributed by atoms with Gasteiger partial charge in [-0.2, -0.15) is 0 Å². The van der Waals surface area contributed by atoms with Crippen molar-refractivity contribution in [3.63, 3.8) is 0 Å². The van der Waals surface area contributed by atoms with E-state index in [9.17, 15) is 18.0 Å². The Hall–Kier alpha value is -2.09. The highest BCUT2D eigenvalue weighted by atomic mass is 32.2. The summed E-state index contributed by atoms with van der Waals surface area (Å²) in [4.78, 5) is 26.3. The predicted molar refractivity (Wildman–Crippen MR) is 102 cm³/mol. The molecule has 1 atom stereocenters. The van der Waals surface area contributed by atoms with Crippen LogP contribution in [-0.4, -0.2) is 57.2 Å². The van der Waals surface area contributed by atoms with Gasteiger partial charge < -0.3 is 9.64 Å². The number of benzene rings is 1. The van der Waals surface area contributed by atoms with Crippen LogP contribution < -0.4 is 4.31 Å². The van der Waals surface area contributed by atoms with Gasteiger partial charge in [0, 0.05) is 19.1 Å². The summed E-state index contributed by atoms with van der Waals surface area (Å²) < 4.78 is 30.5. The summed E-state index contributed by atoms with van der Waals surface area (Å²) in [6, 6.07) is 4.64. The molecule has 0 bridgehead atoms. The number of amides is 1. The molecule has 2 heterocycles. The van der Waals surface area contributed by atoms with Crippen LogP contribution in [0.25, 0.3) is 0 Å². The SMILES string of the molecule is CC1CCN(C(=O)COC(=O)c2ccc3c(c2)C[C@@H](C)N3S(C)(=O)=O)CC1. The Morgan fingerprint density at radius 3 is 2.48 bits per heavy atom. The third-order valence-corrected chi connectivity index (χ3v) is 6.56. The molecule has 1 amide bonds. The van der Waals surface area contributed by atoms with Gasteiger partial charge in [-0.1, -0.05) is 6.92 Å². The van der Waals surface area contributed by atoms with Crippen LogP contribution in [0.4, 0.5) is 5.69 Å². The van der Waals surface area contributed by atoms with E-state index in [0.717, 1.165) is 18.4 Å². The Kier molecular flexibility index (Phi) is 5.46. The van der Waals surface area contributed by atoms with Gasteiger partial charge >= 0.3 is 5.97 Å². The Bertz CT molecular complexity index is 844. The van der Waals surface area contributed by atoms with Crippen molar-refractivity contribution in [1.29, 1.82) is 0 Å². The maximum Gasteiger partial charge on any atom is 0.338 e. The van der Waals surface area contributed by atoms with Gasteiger partial charge in [-0.25, -0.2) is 13.2 Å². The van der Waals surface area contributed by atoms with Gasteiger partial charge in [0.25, 0.3) is 5.91 Å². The summed E-state index contributed by atoms with van der Waals surface area (Å²) in [5.74, 6) is -0.118. The fraction of sp³-hybridized carbons (Fsp3) is 0.579. The standard InChI is InChI=1S/C19H26N2O5S/c1-13-6-8-20(9-7-13)18(22)12-26-19(23)15-4-5-17-16(11-15)10-14(2)21(17)27(3,24)25/h4-5,11,13-14H,6-10,12H2,1-3H3/t14-/m1/s1. The lowest BCUT2D eigenvalue weighted by Gasteiger charge is -2.30. The zero-order chi connectivity index (χ0) is 19.8. The minimum atomic E-state index is -3.37. The van der Waals surface area contributed by atoms with Gasteiger partial charge in [0.05, 0.1) is 17.5 Å². The van der Waals surface area contributed by atoms with Crippen LogP contribution in [0.3, 0.4) is 0 Å². The topological polar surface area (TPSA) is 84.0 Å². The summed E-state index contributed by atoms with van der Waals surface area (Å²) in [5.41, 5.74) is 1.72. The van der Waals surface area contributed by atoms with Crippen molar-refractivity contribution in [2.75, 3.05) is 30.3 Å². The predicted octanol–water partition coefficient (Wildman–Crippen LogP) is 1.81. The van der Waals surface area contributed by atoms with Gasteiger partial charge in [0.1, 0.15) is 0 Å². The lowest BCUT2D eigenvalue weighted by atomic mass is 9.99. The number of likely N-dealkylation sites (tertiary alicyclic amines) is 1. The van der Waals surface area contributed by atoms with Crippen LogP contribution in [0.5, 0.6) is 0 Å². The number of anilines is 1. The van der Waals surface area contributed by atoms with E-state index in [1.807, 2.05) is 6.92 Å². The van der Waals surface area contributed by atoms with E-state index in [1.54, 1.807) is 23.1 Å². The number of fused-ring (bicyclic) bond motifs is 1. The molecule has 3 rings (SSSR count). The molecule has 2 aliphatic rings. The van der Waals surface area contributed by atoms with Crippen molar-refractivity contribution in [2.24, 2.45) is 5.92 Å². The zero-order valence-corrected chi connectivity index (χ0v) is 16.8. The Labute approximate surface area is 160 Å². The highest BCUT2D eigenvalue weighted by molar-refractivity contribution is 7.92. The number of carbonyl (C=O) groups excluding carboxylic acids is 2. The van der Waals surface area contributed by atoms with E-state index >= 15 is 0 Å². The Morgan fingerprint density at radius 2 is 1.85 bits per heavy atom. The van der Waals surface area contributed by atoms with E-state index in [4.69, 9.17) is 4.74 Å². The van der Waals surface area contributed by atoms with Crippen molar-refractivity contribution in [1.82, 2.24) is 4.90 Å². The van der Waals surface area contributed by atoms with Crippen LogP contribution in [0.2, 0.25) is 0 Å². The fourth-order valence-electron chi connectivity index (χ4n) is 3.79. The molecule has 8 heteroatoms. The molecule has 1 aromatic rings. The molecule has 148 valence electrons. The number of hydrogen-bond acceptors (Lipinski definition) is 5. The molecule has 0 saturated carbocycles. The molecular weight excluding hydrogens is 368 g/mol. The van der Waals surface area contributed by atoms with Crippen LogP contribution in [-0.2, 0) is 26.0 Å². The van der Waals surface area contributed by atoms with Gasteiger partial charge in [-0.3, -0.25) is 9.10 Å². The van der Waals surface area contributed by atoms with Crippen molar-refractivity contribution >= 4 is 27.6 Å². The molecule has 0 radical (unpaired) electrons. The normalized spacial score (nSPS) is 20.5. The molecule has 7 nitrogen and oxygen atoms in total. The third kappa shape index (κ3) is 4.26. The molecular formula is C19H26N2O5S. The number of piperidine rings is 1. The van der Waals surface area contributed by atoms with E-state index < -0.39 is 16.0 Å². The first kappa shape index (κ1) is 19.7. The highest BCUT2D eigenvalue weighted by Crippen LogP contribution is 2.34. The quantitative estimate of drug-likeness (QED) is 0.728. The number of rotatable bonds is 4. The molecule has 0 N–H and O–H groups in total. The van der Waals surface area contributed by atoms with E-state index in [-0.39, 0.29) is 18.6 Å². The second-order valence-corrected chi connectivity index (χ2v) is 9.45. The monoisotopic (exact) mass is 394 g/mol. The summed E-state index contributed by atoms with van der Waals surface area (Å²) in [6.45, 7) is 5.14. The van der Waals surface area contributed by atoms with Gasteiger partial charge in [-0.15, -0.1) is 0 Å². The first-order valence-corrected chi connectivity index (χ1v) is 11.1. The summed E-state index contributed by atoms with van der Waals surface area (Å²) in [7, 11) is -3.37. The molecule has 0 aromatic heterocycles. The van der Waals surface area contributed by atoms with Crippen LogP contribution >= 0.6 is 0 Å². The molecule has 27 heavy (non-hydrogen) atoms. The van der Waals surface area contributed by atoms with E-state index in [1.165, 1.54) is 10.6 Å². The zero-order valence-electron chi connectivity index (χ0n) is 16.0. The molecule has 0 aliphatic carbocycles. The number of esters is 1. The van der Waals surface area contributed by atoms with Crippen LogP contribution in [0.15, 0.2) is 18.2 Å². The fourth-order valence-corrected chi connectivity index (χ4v) is 5.06. The van der Waals surface area contributed by atoms with Crippen molar-refractivity contribution in [3.8, 4) is 0 Å². The van der Waals surface area contributed by atoms with Crippen molar-refractivity contribution in [2.45, 2.75) is 39.2 Å². The second kappa shape index (κ2) is 7.50. The Balaban J connectivity index is 1.63. The first-order valence-electron chi connectivity index (χ1n) is 9.24. The second-order valence-electron chi connectivity index (χ2n) is 7.59. The maximum absolute atomic E-state index is 12.3. The molecule has 1 aromatic carbocycles. The van der Waals surface area contributed by atoms with Crippen molar-refractivity contribution in [3.05, 3.63) is 29.3 Å². The van der Waals surface area contributed by atoms with E-state index in [0.29, 0.717) is 36.7 Å². The van der Waals surface area contributed by atoms with Gasteiger partial charge in [0.2, 0.25) is 10.0 Å². The average Bonchev–Trinajstić information content (AvgIpc) is 2.94. The lowest BCUT2D eigenvalue weighted by Crippen LogP contribution is -2.40. The number of sulfonamides is 1. The van der Waals surface area contributed by atoms with Gasteiger partial charge in [-0.05, 0) is 55.9 Å². The van der Waals surface area contributed by atoms with Crippen LogP contribution in [0, 0.1) is 5.92 Å². The molecule has 1 saturated heterocycles.